The van der Waals surface area contributed by atoms with E-state index in [0.29, 0.717) is 11.3 Å². The van der Waals surface area contributed by atoms with Crippen molar-refractivity contribution in [2.24, 2.45) is 5.10 Å². The monoisotopic (exact) mass is 348 g/mol. The fraction of sp³-hybridized carbons (Fsp3) is 0.0476. The lowest BCUT2D eigenvalue weighted by molar-refractivity contribution is -0.123. The highest BCUT2D eigenvalue weighted by atomic mass is 19.1. The summed E-state index contributed by atoms with van der Waals surface area (Å²) in [5, 5.41) is 3.80. The third-order valence-electron chi connectivity index (χ3n) is 3.58. The van der Waals surface area contributed by atoms with Crippen molar-refractivity contribution >= 4 is 12.1 Å². The van der Waals surface area contributed by atoms with E-state index in [4.69, 9.17) is 4.74 Å². The molecule has 0 heterocycles. The van der Waals surface area contributed by atoms with Crippen molar-refractivity contribution in [1.82, 2.24) is 5.43 Å². The van der Waals surface area contributed by atoms with Crippen LogP contribution in [0.2, 0.25) is 0 Å². The van der Waals surface area contributed by atoms with Gasteiger partial charge in [0.25, 0.3) is 5.91 Å². The molecule has 0 fully saturated rings. The maximum Gasteiger partial charge on any atom is 0.277 e. The van der Waals surface area contributed by atoms with Gasteiger partial charge in [0.15, 0.2) is 6.61 Å². The SMILES string of the molecule is O=C(COc1ccccc1-c1ccccc1)N/N=C/c1cccc(F)c1. The Morgan fingerprint density at radius 1 is 1.00 bits per heavy atom. The molecule has 5 heteroatoms. The van der Waals surface area contributed by atoms with Crippen LogP contribution in [0.4, 0.5) is 4.39 Å². The number of hydrogen-bond acceptors (Lipinski definition) is 3. The molecule has 0 radical (unpaired) electrons. The first-order valence-electron chi connectivity index (χ1n) is 8.07. The quantitative estimate of drug-likeness (QED) is 0.540. The Kier molecular flexibility index (Phi) is 5.72. The first kappa shape index (κ1) is 17.4. The van der Waals surface area contributed by atoms with Gasteiger partial charge in [-0.2, -0.15) is 5.10 Å². The van der Waals surface area contributed by atoms with Crippen molar-refractivity contribution in [2.45, 2.75) is 0 Å². The Labute approximate surface area is 150 Å². The number of amides is 1. The van der Waals surface area contributed by atoms with Crippen molar-refractivity contribution in [3.8, 4) is 16.9 Å². The summed E-state index contributed by atoms with van der Waals surface area (Å²) in [5.41, 5.74) is 4.83. The van der Waals surface area contributed by atoms with E-state index >= 15 is 0 Å². The maximum absolute atomic E-state index is 13.1. The van der Waals surface area contributed by atoms with Gasteiger partial charge in [-0.1, -0.05) is 60.7 Å². The first-order valence-corrected chi connectivity index (χ1v) is 8.07. The summed E-state index contributed by atoms with van der Waals surface area (Å²) in [4.78, 5) is 11.9. The number of benzene rings is 3. The number of nitrogens with one attached hydrogen (secondary N) is 1. The van der Waals surface area contributed by atoms with Gasteiger partial charge < -0.3 is 4.74 Å². The molecule has 0 atom stereocenters. The van der Waals surface area contributed by atoms with Gasteiger partial charge in [-0.25, -0.2) is 9.82 Å². The minimum absolute atomic E-state index is 0.176. The lowest BCUT2D eigenvalue weighted by Crippen LogP contribution is -2.24. The Hall–Kier alpha value is -3.47. The van der Waals surface area contributed by atoms with Gasteiger partial charge in [-0.3, -0.25) is 4.79 Å². The predicted octanol–water partition coefficient (Wildman–Crippen LogP) is 4.02. The molecule has 0 saturated heterocycles. The zero-order chi connectivity index (χ0) is 18.2. The normalized spacial score (nSPS) is 10.7. The number of rotatable bonds is 6. The number of hydrazone groups is 1. The van der Waals surface area contributed by atoms with Crippen LogP contribution in [0.5, 0.6) is 5.75 Å². The molecule has 0 spiro atoms. The average Bonchev–Trinajstić information content (AvgIpc) is 2.67. The summed E-state index contributed by atoms with van der Waals surface area (Å²) in [6, 6.07) is 23.2. The minimum Gasteiger partial charge on any atom is -0.483 e. The Morgan fingerprint density at radius 2 is 1.77 bits per heavy atom. The summed E-state index contributed by atoms with van der Waals surface area (Å²) >= 11 is 0. The molecule has 26 heavy (non-hydrogen) atoms. The number of ether oxygens (including phenoxy) is 1. The molecule has 4 nitrogen and oxygen atoms in total. The molecule has 1 N–H and O–H groups in total. The van der Waals surface area contributed by atoms with E-state index in [-0.39, 0.29) is 12.4 Å². The van der Waals surface area contributed by atoms with Crippen molar-refractivity contribution < 1.29 is 13.9 Å². The highest BCUT2D eigenvalue weighted by Crippen LogP contribution is 2.29. The lowest BCUT2D eigenvalue weighted by Gasteiger charge is -2.10. The molecule has 3 aromatic carbocycles. The molecule has 0 bridgehead atoms. The standard InChI is InChI=1S/C21H17FN2O2/c22-18-10-6-7-16(13-18)14-23-24-21(25)15-26-20-12-5-4-11-19(20)17-8-2-1-3-9-17/h1-14H,15H2,(H,24,25)/b23-14+. The number of halogens is 1. The molecule has 130 valence electrons. The minimum atomic E-state index is -0.402. The number of hydrogen-bond donors (Lipinski definition) is 1. The van der Waals surface area contributed by atoms with E-state index in [1.54, 1.807) is 12.1 Å². The second kappa shape index (κ2) is 8.58. The Morgan fingerprint density at radius 3 is 2.58 bits per heavy atom. The van der Waals surface area contributed by atoms with E-state index in [2.05, 4.69) is 10.5 Å². The number of nitrogens with zero attached hydrogens (tertiary/aromatic N) is 1. The van der Waals surface area contributed by atoms with Gasteiger partial charge in [0.2, 0.25) is 0 Å². The topological polar surface area (TPSA) is 50.7 Å². The van der Waals surface area contributed by atoms with Crippen molar-refractivity contribution in [2.75, 3.05) is 6.61 Å². The van der Waals surface area contributed by atoms with Crippen LogP contribution in [0, 0.1) is 5.82 Å². The fourth-order valence-electron chi connectivity index (χ4n) is 2.39. The van der Waals surface area contributed by atoms with Gasteiger partial charge in [-0.05, 0) is 29.3 Å². The van der Waals surface area contributed by atoms with Crippen LogP contribution < -0.4 is 10.2 Å². The van der Waals surface area contributed by atoms with Crippen LogP contribution in [0.25, 0.3) is 11.1 Å². The zero-order valence-electron chi connectivity index (χ0n) is 13.9. The fourth-order valence-corrected chi connectivity index (χ4v) is 2.39. The smallest absolute Gasteiger partial charge is 0.277 e. The van der Waals surface area contributed by atoms with Crippen molar-refractivity contribution in [1.29, 1.82) is 0 Å². The summed E-state index contributed by atoms with van der Waals surface area (Å²) in [6.07, 6.45) is 1.37. The molecular formula is C21H17FN2O2. The lowest BCUT2D eigenvalue weighted by atomic mass is 10.1. The predicted molar refractivity (Wildman–Crippen MR) is 99.5 cm³/mol. The third-order valence-corrected chi connectivity index (χ3v) is 3.58. The van der Waals surface area contributed by atoms with Gasteiger partial charge in [0.05, 0.1) is 6.21 Å². The molecule has 0 saturated carbocycles. The van der Waals surface area contributed by atoms with Crippen LogP contribution in [-0.4, -0.2) is 18.7 Å². The second-order valence-electron chi connectivity index (χ2n) is 5.50. The number of carbonyl (C=O) groups excluding carboxylic acids is 1. The summed E-state index contributed by atoms with van der Waals surface area (Å²) < 4.78 is 18.7. The number of carbonyl (C=O) groups is 1. The maximum atomic E-state index is 13.1. The molecule has 3 aromatic rings. The highest BCUT2D eigenvalue weighted by Gasteiger charge is 2.07. The molecular weight excluding hydrogens is 331 g/mol. The zero-order valence-corrected chi connectivity index (χ0v) is 13.9. The Balaban J connectivity index is 1.58. The molecule has 3 rings (SSSR count). The van der Waals surface area contributed by atoms with Gasteiger partial charge in [0.1, 0.15) is 11.6 Å². The average molecular weight is 348 g/mol. The van der Waals surface area contributed by atoms with E-state index < -0.39 is 5.91 Å². The summed E-state index contributed by atoms with van der Waals surface area (Å²) in [5.74, 6) is -0.149. The molecule has 0 aliphatic carbocycles. The molecule has 0 aliphatic heterocycles. The molecule has 0 unspecified atom stereocenters. The highest BCUT2D eigenvalue weighted by molar-refractivity contribution is 5.83. The largest absolute Gasteiger partial charge is 0.483 e. The molecule has 0 aromatic heterocycles. The van der Waals surface area contributed by atoms with Crippen LogP contribution in [0.1, 0.15) is 5.56 Å². The summed E-state index contributed by atoms with van der Waals surface area (Å²) in [6.45, 7) is -0.176. The second-order valence-corrected chi connectivity index (χ2v) is 5.50. The first-order chi connectivity index (χ1) is 12.7. The van der Waals surface area contributed by atoms with Gasteiger partial charge in [0, 0.05) is 5.56 Å². The van der Waals surface area contributed by atoms with E-state index in [9.17, 15) is 9.18 Å². The van der Waals surface area contributed by atoms with E-state index in [0.717, 1.165) is 11.1 Å². The Bertz CT molecular complexity index is 911. The number of para-hydroxylation sites is 1. The van der Waals surface area contributed by atoms with E-state index in [1.807, 2.05) is 54.6 Å². The van der Waals surface area contributed by atoms with E-state index in [1.165, 1.54) is 18.3 Å². The molecule has 0 aliphatic rings. The molecule has 1 amide bonds. The van der Waals surface area contributed by atoms with Crippen LogP contribution in [0.15, 0.2) is 84.0 Å². The summed E-state index contributed by atoms with van der Waals surface area (Å²) in [7, 11) is 0. The van der Waals surface area contributed by atoms with Crippen molar-refractivity contribution in [3.05, 3.63) is 90.2 Å². The van der Waals surface area contributed by atoms with Gasteiger partial charge >= 0.3 is 0 Å². The van der Waals surface area contributed by atoms with Crippen LogP contribution in [0.3, 0.4) is 0 Å². The van der Waals surface area contributed by atoms with Crippen molar-refractivity contribution in [3.63, 3.8) is 0 Å². The van der Waals surface area contributed by atoms with Crippen LogP contribution >= 0.6 is 0 Å². The van der Waals surface area contributed by atoms with Gasteiger partial charge in [-0.15, -0.1) is 0 Å². The third kappa shape index (κ3) is 4.77. The van der Waals surface area contributed by atoms with Crippen LogP contribution in [-0.2, 0) is 4.79 Å².